The van der Waals surface area contributed by atoms with Gasteiger partial charge in [-0.15, -0.1) is 0 Å². The summed E-state index contributed by atoms with van der Waals surface area (Å²) in [6, 6.07) is 12.3. The second kappa shape index (κ2) is 10.9. The van der Waals surface area contributed by atoms with Gasteiger partial charge < -0.3 is 25.2 Å². The monoisotopic (exact) mass is 462 g/mol. The van der Waals surface area contributed by atoms with Crippen LogP contribution in [-0.2, 0) is 19.1 Å². The van der Waals surface area contributed by atoms with E-state index in [1.807, 2.05) is 53.8 Å². The molecule has 0 bridgehead atoms. The third kappa shape index (κ3) is 5.83. The molecule has 1 unspecified atom stereocenters. The molecule has 0 radical (unpaired) electrons. The van der Waals surface area contributed by atoms with Crippen LogP contribution in [0, 0.1) is 0 Å². The first-order valence-corrected chi connectivity index (χ1v) is 10.2. The third-order valence-corrected chi connectivity index (χ3v) is 5.31. The summed E-state index contributed by atoms with van der Waals surface area (Å²) < 4.78 is 36.3. The quantitative estimate of drug-likeness (QED) is 0.500. The SMILES string of the molecule is COC[C@H](NC(=O)OCC1c2ccccc2-c2ccccc21)C(=O)NC(CC(=O)O)C(F)F. The molecular formula is C23H24F2N2O6. The number of fused-ring (bicyclic) bond motifs is 3. The number of benzene rings is 2. The lowest BCUT2D eigenvalue weighted by atomic mass is 9.98. The van der Waals surface area contributed by atoms with Crippen molar-refractivity contribution in [2.45, 2.75) is 30.8 Å². The number of amides is 2. The smallest absolute Gasteiger partial charge is 0.407 e. The van der Waals surface area contributed by atoms with Crippen molar-refractivity contribution in [1.82, 2.24) is 10.6 Å². The summed E-state index contributed by atoms with van der Waals surface area (Å²) in [6.45, 7) is -0.321. The van der Waals surface area contributed by atoms with Crippen molar-refractivity contribution in [3.8, 4) is 11.1 Å². The summed E-state index contributed by atoms with van der Waals surface area (Å²) in [6.07, 6.45) is -4.99. The van der Waals surface area contributed by atoms with Crippen molar-refractivity contribution in [1.29, 1.82) is 0 Å². The minimum atomic E-state index is -3.09. The molecule has 2 aromatic carbocycles. The van der Waals surface area contributed by atoms with E-state index >= 15 is 0 Å². The molecule has 1 aliphatic carbocycles. The predicted molar refractivity (Wildman–Crippen MR) is 114 cm³/mol. The van der Waals surface area contributed by atoms with E-state index in [1.54, 1.807) is 0 Å². The average Bonchev–Trinajstić information content (AvgIpc) is 3.10. The van der Waals surface area contributed by atoms with Crippen molar-refractivity contribution >= 4 is 18.0 Å². The van der Waals surface area contributed by atoms with Crippen LogP contribution in [-0.4, -0.2) is 61.9 Å². The Labute approximate surface area is 188 Å². The summed E-state index contributed by atoms with van der Waals surface area (Å²) in [5.74, 6) is -2.69. The number of methoxy groups -OCH3 is 1. The molecule has 10 heteroatoms. The van der Waals surface area contributed by atoms with Gasteiger partial charge in [0, 0.05) is 13.0 Å². The topological polar surface area (TPSA) is 114 Å². The molecule has 3 rings (SSSR count). The standard InChI is InChI=1S/C23H24F2N2O6/c1-32-12-19(22(30)26-18(21(24)25)10-20(28)29)27-23(31)33-11-17-15-8-4-2-6-13(15)14-7-3-5-9-16(14)17/h2-9,17-19,21H,10-12H2,1H3,(H,26,30)(H,27,31)(H,28,29)/t18?,19-/m0/s1. The summed E-state index contributed by atoms with van der Waals surface area (Å²) in [7, 11) is 1.27. The first kappa shape index (κ1) is 24.1. The first-order chi connectivity index (χ1) is 15.8. The minimum absolute atomic E-state index is 0.000144. The van der Waals surface area contributed by atoms with Crippen LogP contribution in [0.25, 0.3) is 11.1 Å². The minimum Gasteiger partial charge on any atom is -0.481 e. The van der Waals surface area contributed by atoms with Gasteiger partial charge in [0.1, 0.15) is 18.7 Å². The molecule has 2 aromatic rings. The Morgan fingerprint density at radius 2 is 1.58 bits per heavy atom. The second-order valence-corrected chi connectivity index (χ2v) is 7.53. The van der Waals surface area contributed by atoms with Crippen LogP contribution >= 0.6 is 0 Å². The number of hydrogen-bond acceptors (Lipinski definition) is 5. The zero-order valence-electron chi connectivity index (χ0n) is 17.8. The molecule has 0 aromatic heterocycles. The normalized spacial score (nSPS) is 14.2. The van der Waals surface area contributed by atoms with E-state index in [0.29, 0.717) is 0 Å². The van der Waals surface area contributed by atoms with Crippen LogP contribution in [0.3, 0.4) is 0 Å². The second-order valence-electron chi connectivity index (χ2n) is 7.53. The summed E-state index contributed by atoms with van der Waals surface area (Å²) in [4.78, 5) is 35.5. The summed E-state index contributed by atoms with van der Waals surface area (Å²) in [5, 5.41) is 13.0. The molecule has 0 heterocycles. The molecule has 33 heavy (non-hydrogen) atoms. The van der Waals surface area contributed by atoms with Gasteiger partial charge in [-0.2, -0.15) is 0 Å². The van der Waals surface area contributed by atoms with Gasteiger partial charge in [-0.1, -0.05) is 48.5 Å². The zero-order chi connectivity index (χ0) is 24.0. The van der Waals surface area contributed by atoms with E-state index in [-0.39, 0.29) is 19.1 Å². The highest BCUT2D eigenvalue weighted by Gasteiger charge is 2.31. The summed E-state index contributed by atoms with van der Waals surface area (Å²) >= 11 is 0. The Bertz CT molecular complexity index is 970. The predicted octanol–water partition coefficient (Wildman–Crippen LogP) is 2.76. The number of hydrogen-bond donors (Lipinski definition) is 3. The number of nitrogens with one attached hydrogen (secondary N) is 2. The molecule has 0 aliphatic heterocycles. The molecule has 0 spiro atoms. The number of rotatable bonds is 10. The molecule has 0 fully saturated rings. The summed E-state index contributed by atoms with van der Waals surface area (Å²) in [5.41, 5.74) is 4.11. The Hall–Kier alpha value is -3.53. The van der Waals surface area contributed by atoms with Gasteiger partial charge in [-0.05, 0) is 22.3 Å². The Morgan fingerprint density at radius 3 is 2.09 bits per heavy atom. The number of ether oxygens (including phenoxy) is 2. The number of carbonyl (C=O) groups excluding carboxylic acids is 2. The highest BCUT2D eigenvalue weighted by Crippen LogP contribution is 2.44. The van der Waals surface area contributed by atoms with E-state index in [9.17, 15) is 23.2 Å². The maximum Gasteiger partial charge on any atom is 0.407 e. The van der Waals surface area contributed by atoms with Crippen molar-refractivity contribution < 1.29 is 37.7 Å². The Kier molecular flexibility index (Phi) is 7.94. The van der Waals surface area contributed by atoms with Crippen molar-refractivity contribution in [2.24, 2.45) is 0 Å². The van der Waals surface area contributed by atoms with Crippen molar-refractivity contribution in [3.63, 3.8) is 0 Å². The van der Waals surface area contributed by atoms with E-state index < -0.39 is 42.9 Å². The number of aliphatic carboxylic acids is 1. The van der Waals surface area contributed by atoms with Gasteiger partial charge in [0.15, 0.2) is 0 Å². The molecule has 0 saturated carbocycles. The first-order valence-electron chi connectivity index (χ1n) is 10.2. The van der Waals surface area contributed by atoms with Gasteiger partial charge in [-0.25, -0.2) is 13.6 Å². The number of alkyl carbamates (subject to hydrolysis) is 1. The number of carboxylic acids is 1. The number of halogens is 2. The van der Waals surface area contributed by atoms with Crippen LogP contribution < -0.4 is 10.6 Å². The zero-order valence-corrected chi connectivity index (χ0v) is 17.8. The largest absolute Gasteiger partial charge is 0.481 e. The van der Waals surface area contributed by atoms with E-state index in [4.69, 9.17) is 14.6 Å². The van der Waals surface area contributed by atoms with E-state index in [2.05, 4.69) is 5.32 Å². The number of alkyl halides is 2. The van der Waals surface area contributed by atoms with Gasteiger partial charge in [0.05, 0.1) is 13.0 Å². The average molecular weight is 462 g/mol. The van der Waals surface area contributed by atoms with Crippen molar-refractivity contribution in [2.75, 3.05) is 20.3 Å². The number of carboxylic acid groups (broad SMARTS) is 1. The maximum atomic E-state index is 13.0. The fourth-order valence-corrected chi connectivity index (χ4v) is 3.81. The Morgan fingerprint density at radius 1 is 1.00 bits per heavy atom. The van der Waals surface area contributed by atoms with Gasteiger partial charge >= 0.3 is 12.1 Å². The maximum absolute atomic E-state index is 13.0. The van der Waals surface area contributed by atoms with Crippen molar-refractivity contribution in [3.05, 3.63) is 59.7 Å². The molecule has 8 nitrogen and oxygen atoms in total. The molecule has 2 atom stereocenters. The third-order valence-electron chi connectivity index (χ3n) is 5.31. The van der Waals surface area contributed by atoms with E-state index in [1.165, 1.54) is 7.11 Å². The van der Waals surface area contributed by atoms with Crippen LogP contribution in [0.15, 0.2) is 48.5 Å². The van der Waals surface area contributed by atoms with Gasteiger partial charge in [0.25, 0.3) is 6.43 Å². The van der Waals surface area contributed by atoms with Gasteiger partial charge in [0.2, 0.25) is 5.91 Å². The molecular weight excluding hydrogens is 438 g/mol. The van der Waals surface area contributed by atoms with E-state index in [0.717, 1.165) is 22.3 Å². The highest BCUT2D eigenvalue weighted by molar-refractivity contribution is 5.86. The molecule has 2 amide bonds. The fourth-order valence-electron chi connectivity index (χ4n) is 3.81. The molecule has 0 saturated heterocycles. The molecule has 3 N–H and O–H groups in total. The van der Waals surface area contributed by atoms with Crippen LogP contribution in [0.4, 0.5) is 13.6 Å². The fraction of sp³-hybridized carbons (Fsp3) is 0.348. The Balaban J connectivity index is 1.64. The van der Waals surface area contributed by atoms with Crippen LogP contribution in [0.5, 0.6) is 0 Å². The lowest BCUT2D eigenvalue weighted by Crippen LogP contribution is -2.53. The lowest BCUT2D eigenvalue weighted by Gasteiger charge is -2.22. The number of carbonyl (C=O) groups is 3. The van der Waals surface area contributed by atoms with Gasteiger partial charge in [-0.3, -0.25) is 9.59 Å². The molecule has 1 aliphatic rings. The van der Waals surface area contributed by atoms with Crippen LogP contribution in [0.1, 0.15) is 23.5 Å². The lowest BCUT2D eigenvalue weighted by molar-refractivity contribution is -0.139. The highest BCUT2D eigenvalue weighted by atomic mass is 19.3. The van der Waals surface area contributed by atoms with Crippen LogP contribution in [0.2, 0.25) is 0 Å². The molecule has 176 valence electrons.